The van der Waals surface area contributed by atoms with Gasteiger partial charge >= 0.3 is 0 Å². The molecule has 0 unspecified atom stereocenters. The van der Waals surface area contributed by atoms with Crippen LogP contribution < -0.4 is 5.19 Å². The number of carbonyl (C=O) groups excluding carboxylic acids is 1. The highest BCUT2D eigenvalue weighted by molar-refractivity contribution is 6.53. The van der Waals surface area contributed by atoms with Gasteiger partial charge in [-0.05, 0) is 39.9 Å². The van der Waals surface area contributed by atoms with Crippen LogP contribution in [-0.4, -0.2) is 26.6 Å². The molecule has 0 spiro atoms. The van der Waals surface area contributed by atoms with Crippen LogP contribution in [0.25, 0.3) is 16.8 Å². The first-order valence-electron chi connectivity index (χ1n) is 7.62. The van der Waals surface area contributed by atoms with Gasteiger partial charge in [0.05, 0.1) is 6.54 Å². The van der Waals surface area contributed by atoms with Crippen molar-refractivity contribution < 1.29 is 4.79 Å². The van der Waals surface area contributed by atoms with E-state index in [9.17, 15) is 4.79 Å². The second-order valence-electron chi connectivity index (χ2n) is 5.63. The fourth-order valence-electron chi connectivity index (χ4n) is 2.82. The molecule has 0 saturated carbocycles. The lowest BCUT2D eigenvalue weighted by Crippen LogP contribution is -2.39. The number of hydrogen-bond acceptors (Lipinski definition) is 2. The molecule has 2 radical (unpaired) electrons. The zero-order valence-electron chi connectivity index (χ0n) is 12.6. The number of nitrogens with zero attached hydrogens (tertiary/aromatic N) is 1. The molecule has 2 nitrogen and oxygen atoms in total. The number of ketones is 1. The average Bonchev–Trinajstić information content (AvgIpc) is 2.60. The second-order valence-corrected chi connectivity index (χ2v) is 6.97. The van der Waals surface area contributed by atoms with Crippen molar-refractivity contribution in [1.82, 2.24) is 4.57 Å². The normalized spacial score (nSPS) is 13.1. The molecule has 23 heavy (non-hydrogen) atoms. The van der Waals surface area contributed by atoms with Crippen LogP contribution in [0.1, 0.15) is 15.9 Å². The standard InChI is InChI=1S/C20H15NOSi/c22-19(15-6-2-1-3-7-15)14-21-11-10-18-12-16-8-4-5-9-17(16)13-20(18)23-21/h1-13H,14H2. The van der Waals surface area contributed by atoms with Gasteiger partial charge in [0, 0.05) is 5.56 Å². The first kappa shape index (κ1) is 14.0. The largest absolute Gasteiger partial charge is 0.393 e. The number of rotatable bonds is 3. The number of hydrogen-bond donors (Lipinski definition) is 0. The Morgan fingerprint density at radius 1 is 0.913 bits per heavy atom. The predicted octanol–water partition coefficient (Wildman–Crippen LogP) is 3.25. The van der Waals surface area contributed by atoms with Crippen LogP contribution in [0.4, 0.5) is 0 Å². The molecule has 4 rings (SSSR count). The van der Waals surface area contributed by atoms with E-state index in [-0.39, 0.29) is 5.78 Å². The number of Topliss-reactive ketones (excluding diaryl/α,β-unsaturated/α-hetero) is 1. The van der Waals surface area contributed by atoms with Crippen molar-refractivity contribution in [3.8, 4) is 0 Å². The third-order valence-corrected chi connectivity index (χ3v) is 5.29. The van der Waals surface area contributed by atoms with E-state index in [4.69, 9.17) is 0 Å². The number of benzene rings is 3. The van der Waals surface area contributed by atoms with Crippen LogP contribution in [0.3, 0.4) is 0 Å². The smallest absolute Gasteiger partial charge is 0.222 e. The van der Waals surface area contributed by atoms with Gasteiger partial charge in [0.2, 0.25) is 9.68 Å². The number of carbonyl (C=O) groups is 1. The lowest BCUT2D eigenvalue weighted by atomic mass is 10.1. The average molecular weight is 313 g/mol. The molecule has 1 heterocycles. The van der Waals surface area contributed by atoms with Gasteiger partial charge in [-0.2, -0.15) is 0 Å². The van der Waals surface area contributed by atoms with E-state index >= 15 is 0 Å². The van der Waals surface area contributed by atoms with E-state index in [1.165, 1.54) is 21.5 Å². The molecule has 110 valence electrons. The molecule has 0 aliphatic carbocycles. The van der Waals surface area contributed by atoms with Gasteiger partial charge in [0.25, 0.3) is 0 Å². The van der Waals surface area contributed by atoms with Crippen molar-refractivity contribution in [2.45, 2.75) is 0 Å². The molecule has 0 saturated heterocycles. The molecule has 3 aromatic carbocycles. The summed E-state index contributed by atoms with van der Waals surface area (Å²) >= 11 is 0. The summed E-state index contributed by atoms with van der Waals surface area (Å²) in [6.45, 7) is 0.422. The second kappa shape index (κ2) is 5.86. The quantitative estimate of drug-likeness (QED) is 0.546. The van der Waals surface area contributed by atoms with E-state index < -0.39 is 0 Å². The van der Waals surface area contributed by atoms with Gasteiger partial charge in [-0.1, -0.05) is 60.7 Å². The Morgan fingerprint density at radius 3 is 2.39 bits per heavy atom. The zero-order chi connectivity index (χ0) is 15.6. The predicted molar refractivity (Wildman–Crippen MR) is 95.8 cm³/mol. The molecular weight excluding hydrogens is 298 g/mol. The Kier molecular flexibility index (Phi) is 3.56. The van der Waals surface area contributed by atoms with Crippen molar-refractivity contribution >= 4 is 37.5 Å². The fraction of sp³-hybridized carbons (Fsp3) is 0.0500. The summed E-state index contributed by atoms with van der Waals surface area (Å²) in [6.07, 6.45) is 4.15. The lowest BCUT2D eigenvalue weighted by Gasteiger charge is -2.24. The van der Waals surface area contributed by atoms with Crippen molar-refractivity contribution in [1.29, 1.82) is 0 Å². The third-order valence-electron chi connectivity index (χ3n) is 4.03. The molecule has 3 aromatic rings. The fourth-order valence-corrected chi connectivity index (χ4v) is 4.00. The minimum atomic E-state index is 0.159. The molecule has 0 atom stereocenters. The summed E-state index contributed by atoms with van der Waals surface area (Å²) in [4.78, 5) is 12.4. The third kappa shape index (κ3) is 2.83. The van der Waals surface area contributed by atoms with Gasteiger partial charge in [0.15, 0.2) is 5.78 Å². The van der Waals surface area contributed by atoms with Crippen LogP contribution in [0.2, 0.25) is 0 Å². The zero-order valence-corrected chi connectivity index (χ0v) is 13.6. The van der Waals surface area contributed by atoms with Gasteiger partial charge < -0.3 is 4.57 Å². The maximum atomic E-state index is 12.4. The van der Waals surface area contributed by atoms with Gasteiger partial charge in [0.1, 0.15) is 0 Å². The Morgan fingerprint density at radius 2 is 1.61 bits per heavy atom. The minimum Gasteiger partial charge on any atom is -0.393 e. The minimum absolute atomic E-state index is 0.159. The van der Waals surface area contributed by atoms with E-state index in [1.54, 1.807) is 0 Å². The maximum Gasteiger partial charge on any atom is 0.222 e. The van der Waals surface area contributed by atoms with E-state index in [0.29, 0.717) is 16.2 Å². The van der Waals surface area contributed by atoms with E-state index in [0.717, 1.165) is 5.56 Å². The van der Waals surface area contributed by atoms with Crippen molar-refractivity contribution in [2.24, 2.45) is 0 Å². The van der Waals surface area contributed by atoms with Crippen LogP contribution in [-0.2, 0) is 0 Å². The van der Waals surface area contributed by atoms with Crippen molar-refractivity contribution in [2.75, 3.05) is 6.54 Å². The Balaban J connectivity index is 1.57. The molecule has 3 heteroatoms. The first-order valence-corrected chi connectivity index (χ1v) is 8.57. The first-order chi connectivity index (χ1) is 11.3. The van der Waals surface area contributed by atoms with Crippen molar-refractivity contribution in [3.63, 3.8) is 0 Å². The highest BCUT2D eigenvalue weighted by Crippen LogP contribution is 2.17. The molecule has 0 fully saturated rings. The Labute approximate surface area is 138 Å². The van der Waals surface area contributed by atoms with Gasteiger partial charge in [-0.25, -0.2) is 0 Å². The Bertz CT molecular complexity index is 902. The monoisotopic (exact) mass is 313 g/mol. The summed E-state index contributed by atoms with van der Waals surface area (Å²) in [5.41, 5.74) is 2.03. The van der Waals surface area contributed by atoms with Crippen LogP contribution in [0, 0.1) is 0 Å². The van der Waals surface area contributed by atoms with Crippen LogP contribution >= 0.6 is 0 Å². The SMILES string of the molecule is O=C(CN1C=Cc2cc3ccccc3cc2[Si]1)c1ccccc1. The molecule has 0 amide bonds. The van der Waals surface area contributed by atoms with Crippen LogP contribution in [0.15, 0.2) is 72.9 Å². The summed E-state index contributed by atoms with van der Waals surface area (Å²) in [5.74, 6) is 0.159. The highest BCUT2D eigenvalue weighted by Gasteiger charge is 2.16. The molecule has 1 aliphatic heterocycles. The lowest BCUT2D eigenvalue weighted by molar-refractivity contribution is 0.0977. The summed E-state index contributed by atoms with van der Waals surface area (Å²) < 4.78 is 2.10. The summed E-state index contributed by atoms with van der Waals surface area (Å²) in [7, 11) is 0.491. The maximum absolute atomic E-state index is 12.4. The molecular formula is C20H15NOSi. The van der Waals surface area contributed by atoms with Gasteiger partial charge in [-0.15, -0.1) is 0 Å². The molecule has 0 aromatic heterocycles. The van der Waals surface area contributed by atoms with Gasteiger partial charge in [-0.3, -0.25) is 4.79 Å². The Hall–Kier alpha value is -2.65. The molecule has 0 N–H and O–H groups in total. The number of fused-ring (bicyclic) bond motifs is 2. The highest BCUT2D eigenvalue weighted by atomic mass is 28.2. The molecule has 0 bridgehead atoms. The topological polar surface area (TPSA) is 20.3 Å². The van der Waals surface area contributed by atoms with Crippen LogP contribution in [0.5, 0.6) is 0 Å². The van der Waals surface area contributed by atoms with E-state index in [2.05, 4.69) is 47.0 Å². The molecule has 1 aliphatic rings. The summed E-state index contributed by atoms with van der Waals surface area (Å²) in [5, 5.41) is 3.81. The van der Waals surface area contributed by atoms with E-state index in [1.807, 2.05) is 36.5 Å². The summed E-state index contributed by atoms with van der Waals surface area (Å²) in [6, 6.07) is 22.4. The van der Waals surface area contributed by atoms with Crippen molar-refractivity contribution in [3.05, 3.63) is 84.1 Å².